The fourth-order valence-electron chi connectivity index (χ4n) is 1.66. The predicted molar refractivity (Wildman–Crippen MR) is 40.1 cm³/mol. The summed E-state index contributed by atoms with van der Waals surface area (Å²) in [5, 5.41) is 17.5. The number of ether oxygens (including phenoxy) is 1. The van der Waals surface area contributed by atoms with Crippen molar-refractivity contribution < 1.29 is 24.5 Å². The summed E-state index contributed by atoms with van der Waals surface area (Å²) in [4.78, 5) is 21.4. The van der Waals surface area contributed by atoms with Crippen molar-refractivity contribution in [2.24, 2.45) is 11.8 Å². The van der Waals surface area contributed by atoms with Crippen LogP contribution in [0.4, 0.5) is 0 Å². The summed E-state index contributed by atoms with van der Waals surface area (Å²) in [5.41, 5.74) is 0. The molecule has 2 aliphatic rings. The molecule has 0 aromatic rings. The molecule has 1 aliphatic carbocycles. The first kappa shape index (κ1) is 8.25. The molecular formula is C8H8O5. The fraction of sp³-hybridized carbons (Fsp3) is 0.500. The van der Waals surface area contributed by atoms with Gasteiger partial charge in [-0.15, -0.1) is 0 Å². The van der Waals surface area contributed by atoms with Crippen LogP contribution in [0.5, 0.6) is 0 Å². The summed E-state index contributed by atoms with van der Waals surface area (Å²) < 4.78 is 5.00. The third-order valence-corrected chi connectivity index (χ3v) is 2.38. The molecular weight excluding hydrogens is 176 g/mol. The quantitative estimate of drug-likeness (QED) is 0.455. The molecule has 13 heavy (non-hydrogen) atoms. The maximum atomic E-state index is 10.7. The van der Waals surface area contributed by atoms with Crippen molar-refractivity contribution in [2.45, 2.75) is 12.2 Å². The molecule has 0 saturated carbocycles. The third-order valence-electron chi connectivity index (χ3n) is 2.38. The minimum atomic E-state index is -1.11. The Morgan fingerprint density at radius 2 is 1.85 bits per heavy atom. The largest absolute Gasteiger partial charge is 0.481 e. The Balaban J connectivity index is 2.25. The van der Waals surface area contributed by atoms with E-state index in [1.165, 1.54) is 6.08 Å². The summed E-state index contributed by atoms with van der Waals surface area (Å²) in [6.07, 6.45) is 2.39. The molecule has 0 amide bonds. The normalized spacial score (nSPS) is 40.9. The first-order chi connectivity index (χ1) is 6.11. The van der Waals surface area contributed by atoms with E-state index >= 15 is 0 Å². The van der Waals surface area contributed by atoms with Gasteiger partial charge in [0.25, 0.3) is 0 Å². The zero-order valence-electron chi connectivity index (χ0n) is 6.58. The van der Waals surface area contributed by atoms with E-state index < -0.39 is 29.9 Å². The lowest BCUT2D eigenvalue weighted by molar-refractivity contribution is -0.152. The predicted octanol–water partition coefficient (Wildman–Crippen LogP) is -0.275. The van der Waals surface area contributed by atoms with E-state index in [1.54, 1.807) is 6.08 Å². The van der Waals surface area contributed by atoms with Crippen molar-refractivity contribution in [1.29, 1.82) is 0 Å². The maximum absolute atomic E-state index is 10.7. The summed E-state index contributed by atoms with van der Waals surface area (Å²) in [5.74, 6) is -4.12. The van der Waals surface area contributed by atoms with Crippen LogP contribution in [0.25, 0.3) is 0 Å². The lowest BCUT2D eigenvalue weighted by atomic mass is 9.84. The monoisotopic (exact) mass is 184 g/mol. The summed E-state index contributed by atoms with van der Waals surface area (Å²) >= 11 is 0. The van der Waals surface area contributed by atoms with Crippen molar-refractivity contribution >= 4 is 11.9 Å². The van der Waals surface area contributed by atoms with Crippen LogP contribution in [0.15, 0.2) is 12.2 Å². The number of hydrogen-bond donors (Lipinski definition) is 2. The van der Waals surface area contributed by atoms with Crippen LogP contribution in [0.1, 0.15) is 0 Å². The number of carboxylic acid groups (broad SMARTS) is 2. The molecule has 4 atom stereocenters. The Labute approximate surface area is 73.6 Å². The number of rotatable bonds is 2. The maximum Gasteiger partial charge on any atom is 0.311 e. The Kier molecular flexibility index (Phi) is 1.63. The second-order valence-corrected chi connectivity index (χ2v) is 3.18. The van der Waals surface area contributed by atoms with Gasteiger partial charge in [0.2, 0.25) is 0 Å². The molecule has 5 nitrogen and oxygen atoms in total. The molecule has 1 aliphatic heterocycles. The Hall–Kier alpha value is -1.36. The van der Waals surface area contributed by atoms with E-state index in [1.807, 2.05) is 0 Å². The number of hydrogen-bond acceptors (Lipinski definition) is 3. The Morgan fingerprint density at radius 1 is 1.15 bits per heavy atom. The lowest BCUT2D eigenvalue weighted by Crippen LogP contribution is -2.35. The van der Waals surface area contributed by atoms with Crippen LogP contribution in [0.3, 0.4) is 0 Å². The molecule has 0 aromatic carbocycles. The average molecular weight is 184 g/mol. The van der Waals surface area contributed by atoms with E-state index in [0.717, 1.165) is 0 Å². The van der Waals surface area contributed by atoms with Crippen LogP contribution in [-0.2, 0) is 14.3 Å². The van der Waals surface area contributed by atoms with Gasteiger partial charge in [-0.25, -0.2) is 0 Å². The summed E-state index contributed by atoms with van der Waals surface area (Å²) in [7, 11) is 0. The smallest absolute Gasteiger partial charge is 0.311 e. The van der Waals surface area contributed by atoms with E-state index in [4.69, 9.17) is 14.9 Å². The minimum absolute atomic E-state index is 0.184. The van der Waals surface area contributed by atoms with Crippen molar-refractivity contribution in [1.82, 2.24) is 0 Å². The molecule has 1 heterocycles. The Bertz CT molecular complexity index is 295. The van der Waals surface area contributed by atoms with Crippen molar-refractivity contribution in [3.63, 3.8) is 0 Å². The second kappa shape index (κ2) is 2.56. The molecule has 5 heteroatoms. The van der Waals surface area contributed by atoms with Gasteiger partial charge in [-0.05, 0) is 0 Å². The molecule has 70 valence electrons. The Morgan fingerprint density at radius 3 is 2.38 bits per heavy atom. The highest BCUT2D eigenvalue weighted by Gasteiger charge is 2.54. The molecule has 1 saturated heterocycles. The fourth-order valence-corrected chi connectivity index (χ4v) is 1.66. The van der Waals surface area contributed by atoms with Crippen LogP contribution in [-0.4, -0.2) is 34.4 Å². The average Bonchev–Trinajstić information content (AvgIpc) is 2.79. The van der Waals surface area contributed by atoms with Crippen LogP contribution >= 0.6 is 0 Å². The van der Waals surface area contributed by atoms with Crippen LogP contribution in [0, 0.1) is 11.8 Å². The van der Waals surface area contributed by atoms with Gasteiger partial charge in [0, 0.05) is 0 Å². The number of fused-ring (bicyclic) bond motifs is 1. The zero-order chi connectivity index (χ0) is 9.59. The number of carbonyl (C=O) groups is 2. The molecule has 0 aromatic heterocycles. The first-order valence-electron chi connectivity index (χ1n) is 3.90. The van der Waals surface area contributed by atoms with Crippen molar-refractivity contribution in [2.75, 3.05) is 0 Å². The van der Waals surface area contributed by atoms with E-state index in [0.29, 0.717) is 0 Å². The molecule has 0 radical (unpaired) electrons. The minimum Gasteiger partial charge on any atom is -0.481 e. The highest BCUT2D eigenvalue weighted by Crippen LogP contribution is 2.39. The summed E-state index contributed by atoms with van der Waals surface area (Å²) in [6, 6.07) is 0. The van der Waals surface area contributed by atoms with E-state index in [-0.39, 0.29) is 6.10 Å². The SMILES string of the molecule is O=C(O)[C@H]1[C@H]2O[C@@H]2C=C[C@H]1C(=O)O. The van der Waals surface area contributed by atoms with Crippen LogP contribution in [0.2, 0.25) is 0 Å². The number of carboxylic acids is 2. The number of epoxide rings is 1. The first-order valence-corrected chi connectivity index (χ1v) is 3.90. The number of aliphatic carboxylic acids is 2. The highest BCUT2D eigenvalue weighted by molar-refractivity contribution is 5.83. The molecule has 1 fully saturated rings. The molecule has 2 N–H and O–H groups in total. The standard InChI is InChI=1S/C8H8O5/c9-7(10)3-1-2-4-6(13-4)5(3)8(11)12/h1-6H,(H,9,10)(H,11,12)/t3-,4-,5-,6+/m1/s1. The lowest BCUT2D eigenvalue weighted by Gasteiger charge is -2.17. The molecule has 0 bridgehead atoms. The van der Waals surface area contributed by atoms with Gasteiger partial charge in [0.15, 0.2) is 0 Å². The van der Waals surface area contributed by atoms with Gasteiger partial charge in [-0.1, -0.05) is 12.2 Å². The van der Waals surface area contributed by atoms with Gasteiger partial charge in [0.05, 0.1) is 5.92 Å². The van der Waals surface area contributed by atoms with E-state index in [2.05, 4.69) is 0 Å². The molecule has 0 unspecified atom stereocenters. The second-order valence-electron chi connectivity index (χ2n) is 3.18. The molecule has 2 rings (SSSR count). The van der Waals surface area contributed by atoms with E-state index in [9.17, 15) is 9.59 Å². The van der Waals surface area contributed by atoms with Gasteiger partial charge >= 0.3 is 11.9 Å². The zero-order valence-corrected chi connectivity index (χ0v) is 6.58. The van der Waals surface area contributed by atoms with Gasteiger partial charge in [-0.2, -0.15) is 0 Å². The van der Waals surface area contributed by atoms with Gasteiger partial charge < -0.3 is 14.9 Å². The third kappa shape index (κ3) is 1.21. The molecule has 0 spiro atoms. The van der Waals surface area contributed by atoms with Gasteiger partial charge in [-0.3, -0.25) is 9.59 Å². The van der Waals surface area contributed by atoms with Crippen molar-refractivity contribution in [3.8, 4) is 0 Å². The van der Waals surface area contributed by atoms with Crippen LogP contribution < -0.4 is 0 Å². The summed E-state index contributed by atoms with van der Waals surface area (Å²) in [6.45, 7) is 0. The topological polar surface area (TPSA) is 87.1 Å². The van der Waals surface area contributed by atoms with Gasteiger partial charge in [0.1, 0.15) is 18.1 Å². The van der Waals surface area contributed by atoms with Crippen molar-refractivity contribution in [3.05, 3.63) is 12.2 Å². The highest BCUT2D eigenvalue weighted by atomic mass is 16.6.